The lowest BCUT2D eigenvalue weighted by molar-refractivity contribution is -0.384. The molecule has 0 aliphatic carbocycles. The number of hydrogen-bond acceptors (Lipinski definition) is 3. The van der Waals surface area contributed by atoms with Gasteiger partial charge in [-0.3, -0.25) is 10.1 Å². The summed E-state index contributed by atoms with van der Waals surface area (Å²) in [5, 5.41) is 13.9. The molecule has 15 heavy (non-hydrogen) atoms. The maximum atomic E-state index is 10.6. The fraction of sp³-hybridized carbons (Fsp3) is 0.455. The first-order chi connectivity index (χ1) is 7.19. The fourth-order valence-corrected chi connectivity index (χ4v) is 1.60. The summed E-state index contributed by atoms with van der Waals surface area (Å²) < 4.78 is 0. The molecule has 0 spiro atoms. The Labute approximate surface area is 89.5 Å². The average molecular weight is 208 g/mol. The van der Waals surface area contributed by atoms with Gasteiger partial charge in [-0.05, 0) is 18.5 Å². The third kappa shape index (κ3) is 3.02. The Morgan fingerprint density at radius 3 is 2.73 bits per heavy atom. The smallest absolute Gasteiger partial charge is 0.269 e. The highest BCUT2D eigenvalue weighted by atomic mass is 16.6. The largest absolute Gasteiger partial charge is 0.310 e. The van der Waals surface area contributed by atoms with E-state index in [0.29, 0.717) is 0 Å². The van der Waals surface area contributed by atoms with E-state index < -0.39 is 0 Å². The molecule has 1 rings (SSSR count). The van der Waals surface area contributed by atoms with Gasteiger partial charge in [-0.25, -0.2) is 0 Å². The lowest BCUT2D eigenvalue weighted by Gasteiger charge is -2.15. The predicted octanol–water partition coefficient (Wildman–Crippen LogP) is 2.66. The van der Waals surface area contributed by atoms with E-state index in [2.05, 4.69) is 12.2 Å². The number of nitro groups is 1. The quantitative estimate of drug-likeness (QED) is 0.597. The molecule has 4 heteroatoms. The molecule has 0 bridgehead atoms. The van der Waals surface area contributed by atoms with Crippen molar-refractivity contribution >= 4 is 5.69 Å². The first-order valence-electron chi connectivity index (χ1n) is 5.16. The van der Waals surface area contributed by atoms with Gasteiger partial charge < -0.3 is 5.32 Å². The Morgan fingerprint density at radius 2 is 2.20 bits per heavy atom. The highest BCUT2D eigenvalue weighted by Gasteiger charge is 2.11. The molecule has 0 saturated carbocycles. The molecular weight excluding hydrogens is 192 g/mol. The topological polar surface area (TPSA) is 55.2 Å². The molecule has 1 N–H and O–H groups in total. The van der Waals surface area contributed by atoms with Crippen LogP contribution in [0.1, 0.15) is 31.9 Å². The van der Waals surface area contributed by atoms with Crippen LogP contribution in [0.25, 0.3) is 0 Å². The van der Waals surface area contributed by atoms with Crippen molar-refractivity contribution in [2.45, 2.75) is 26.3 Å². The van der Waals surface area contributed by atoms with E-state index in [1.54, 1.807) is 12.1 Å². The molecule has 82 valence electrons. The number of nitro benzene ring substituents is 1. The molecule has 1 unspecified atom stereocenters. The van der Waals surface area contributed by atoms with Crippen LogP contribution in [0.4, 0.5) is 5.69 Å². The van der Waals surface area contributed by atoms with Crippen molar-refractivity contribution in [3.8, 4) is 0 Å². The molecule has 1 atom stereocenters. The van der Waals surface area contributed by atoms with Crippen LogP contribution >= 0.6 is 0 Å². The van der Waals surface area contributed by atoms with Crippen LogP contribution in [-0.4, -0.2) is 11.5 Å². The Balaban J connectivity index is 2.92. The van der Waals surface area contributed by atoms with Gasteiger partial charge in [0.05, 0.1) is 4.92 Å². The summed E-state index contributed by atoms with van der Waals surface area (Å²) in [6, 6.07) is 7.01. The normalized spacial score (nSPS) is 12.4. The number of benzene rings is 1. The summed E-state index contributed by atoms with van der Waals surface area (Å²) in [7, 11) is 0. The zero-order chi connectivity index (χ0) is 11.3. The third-order valence-corrected chi connectivity index (χ3v) is 2.34. The van der Waals surface area contributed by atoms with Gasteiger partial charge in [0.1, 0.15) is 0 Å². The van der Waals surface area contributed by atoms with Gasteiger partial charge >= 0.3 is 0 Å². The maximum Gasteiger partial charge on any atom is 0.269 e. The Morgan fingerprint density at radius 1 is 1.47 bits per heavy atom. The number of non-ortho nitro benzene ring substituents is 1. The summed E-state index contributed by atoms with van der Waals surface area (Å²) in [6.45, 7) is 4.95. The minimum Gasteiger partial charge on any atom is -0.310 e. The van der Waals surface area contributed by atoms with E-state index in [4.69, 9.17) is 0 Å². The first kappa shape index (κ1) is 11.7. The van der Waals surface area contributed by atoms with Gasteiger partial charge in [0.2, 0.25) is 0 Å². The zero-order valence-electron chi connectivity index (χ0n) is 9.06. The minimum absolute atomic E-state index is 0.156. The molecule has 0 aromatic heterocycles. The summed E-state index contributed by atoms with van der Waals surface area (Å²) >= 11 is 0. The second-order valence-corrected chi connectivity index (χ2v) is 3.37. The maximum absolute atomic E-state index is 10.6. The van der Waals surface area contributed by atoms with Gasteiger partial charge in [-0.15, -0.1) is 0 Å². The minimum atomic E-state index is -0.359. The van der Waals surface area contributed by atoms with Crippen LogP contribution in [0.15, 0.2) is 24.3 Å². The average Bonchev–Trinajstić information content (AvgIpc) is 2.26. The summed E-state index contributed by atoms with van der Waals surface area (Å²) in [5.74, 6) is 0. The highest BCUT2D eigenvalue weighted by Crippen LogP contribution is 2.21. The molecule has 0 saturated heterocycles. The van der Waals surface area contributed by atoms with Crippen LogP contribution < -0.4 is 5.32 Å². The van der Waals surface area contributed by atoms with Crippen molar-refractivity contribution in [1.82, 2.24) is 5.32 Å². The lowest BCUT2D eigenvalue weighted by Crippen LogP contribution is -2.20. The van der Waals surface area contributed by atoms with Crippen LogP contribution in [0, 0.1) is 10.1 Å². The molecule has 0 aliphatic heterocycles. The molecule has 0 heterocycles. The van der Waals surface area contributed by atoms with E-state index >= 15 is 0 Å². The second-order valence-electron chi connectivity index (χ2n) is 3.37. The number of rotatable bonds is 5. The van der Waals surface area contributed by atoms with Crippen molar-refractivity contribution < 1.29 is 4.92 Å². The van der Waals surface area contributed by atoms with Crippen molar-refractivity contribution in [2.24, 2.45) is 0 Å². The van der Waals surface area contributed by atoms with Gasteiger partial charge in [-0.2, -0.15) is 0 Å². The van der Waals surface area contributed by atoms with E-state index in [9.17, 15) is 10.1 Å². The molecule has 1 aromatic rings. The van der Waals surface area contributed by atoms with Gasteiger partial charge in [-0.1, -0.05) is 26.0 Å². The van der Waals surface area contributed by atoms with Crippen LogP contribution in [-0.2, 0) is 0 Å². The SMILES string of the molecule is CCNC(CC)c1cccc([N+](=O)[O-])c1. The molecule has 0 radical (unpaired) electrons. The highest BCUT2D eigenvalue weighted by molar-refractivity contribution is 5.35. The third-order valence-electron chi connectivity index (χ3n) is 2.34. The Kier molecular flexibility index (Phi) is 4.24. The fourth-order valence-electron chi connectivity index (χ4n) is 1.60. The molecule has 4 nitrogen and oxygen atoms in total. The van der Waals surface area contributed by atoms with Crippen LogP contribution in [0.3, 0.4) is 0 Å². The zero-order valence-corrected chi connectivity index (χ0v) is 9.06. The summed E-state index contributed by atoms with van der Waals surface area (Å²) in [6.07, 6.45) is 0.926. The van der Waals surface area contributed by atoms with E-state index in [1.165, 1.54) is 6.07 Å². The van der Waals surface area contributed by atoms with Crippen LogP contribution in [0.2, 0.25) is 0 Å². The van der Waals surface area contributed by atoms with Crippen molar-refractivity contribution in [1.29, 1.82) is 0 Å². The van der Waals surface area contributed by atoms with Crippen molar-refractivity contribution in [3.63, 3.8) is 0 Å². The predicted molar refractivity (Wildman–Crippen MR) is 59.8 cm³/mol. The molecular formula is C11H16N2O2. The lowest BCUT2D eigenvalue weighted by atomic mass is 10.0. The van der Waals surface area contributed by atoms with Gasteiger partial charge in [0.15, 0.2) is 0 Å². The van der Waals surface area contributed by atoms with Crippen molar-refractivity contribution in [2.75, 3.05) is 6.54 Å². The standard InChI is InChI=1S/C11H16N2O2/c1-3-11(12-4-2)9-6-5-7-10(8-9)13(14)15/h5-8,11-12H,3-4H2,1-2H3. The van der Waals surface area contributed by atoms with E-state index in [1.807, 2.05) is 13.0 Å². The summed E-state index contributed by atoms with van der Waals surface area (Å²) in [4.78, 5) is 10.2. The van der Waals surface area contributed by atoms with E-state index in [-0.39, 0.29) is 16.7 Å². The first-order valence-corrected chi connectivity index (χ1v) is 5.16. The molecule has 1 aromatic carbocycles. The van der Waals surface area contributed by atoms with Crippen LogP contribution in [0.5, 0.6) is 0 Å². The van der Waals surface area contributed by atoms with E-state index in [0.717, 1.165) is 18.5 Å². The monoisotopic (exact) mass is 208 g/mol. The number of nitrogens with one attached hydrogen (secondary N) is 1. The molecule has 0 amide bonds. The molecule has 0 fully saturated rings. The molecule has 0 aliphatic rings. The number of nitrogens with zero attached hydrogens (tertiary/aromatic N) is 1. The Bertz CT molecular complexity index is 339. The van der Waals surface area contributed by atoms with Gasteiger partial charge in [0, 0.05) is 18.2 Å². The summed E-state index contributed by atoms with van der Waals surface area (Å²) in [5.41, 5.74) is 1.14. The van der Waals surface area contributed by atoms with Crippen molar-refractivity contribution in [3.05, 3.63) is 39.9 Å². The second kappa shape index (κ2) is 5.46. The van der Waals surface area contributed by atoms with Gasteiger partial charge in [0.25, 0.3) is 5.69 Å². The number of hydrogen-bond donors (Lipinski definition) is 1. The Hall–Kier alpha value is -1.42.